The largest absolute Gasteiger partial charge is 0.298 e. The van der Waals surface area contributed by atoms with Crippen LogP contribution in [0.4, 0.5) is 0 Å². The highest BCUT2D eigenvalue weighted by molar-refractivity contribution is 7.80. The maximum atomic E-state index is 10.2. The lowest BCUT2D eigenvalue weighted by Gasteiger charge is -1.89. The van der Waals surface area contributed by atoms with Crippen molar-refractivity contribution in [3.05, 3.63) is 29.6 Å². The minimum atomic E-state index is 0.511. The maximum Gasteiger partial charge on any atom is 0.151 e. The van der Waals surface area contributed by atoms with E-state index in [1.54, 1.807) is 12.1 Å². The van der Waals surface area contributed by atoms with Gasteiger partial charge in [-0.05, 0) is 18.1 Å². The van der Waals surface area contributed by atoms with Crippen molar-refractivity contribution < 1.29 is 4.79 Å². The van der Waals surface area contributed by atoms with Crippen molar-refractivity contribution in [2.75, 3.05) is 5.75 Å². The van der Waals surface area contributed by atoms with Crippen LogP contribution in [0.3, 0.4) is 0 Å². The second kappa shape index (κ2) is 4.58. The van der Waals surface area contributed by atoms with Crippen LogP contribution >= 0.6 is 12.6 Å². The van der Waals surface area contributed by atoms with E-state index in [-0.39, 0.29) is 0 Å². The van der Waals surface area contributed by atoms with Gasteiger partial charge in [-0.15, -0.1) is 0 Å². The van der Waals surface area contributed by atoms with Gasteiger partial charge in [-0.25, -0.2) is 4.98 Å². The summed E-state index contributed by atoms with van der Waals surface area (Å²) >= 11 is 3.93. The summed E-state index contributed by atoms with van der Waals surface area (Å²) in [5.74, 6) is 6.07. The molecule has 0 atom stereocenters. The highest BCUT2D eigenvalue weighted by atomic mass is 32.1. The van der Waals surface area contributed by atoms with Gasteiger partial charge in [0, 0.05) is 11.8 Å². The van der Waals surface area contributed by atoms with Gasteiger partial charge in [0.2, 0.25) is 0 Å². The number of thiol groups is 1. The molecular formula is C9H7NOS. The Morgan fingerprint density at radius 3 is 2.92 bits per heavy atom. The zero-order valence-corrected chi connectivity index (χ0v) is 7.21. The van der Waals surface area contributed by atoms with Gasteiger partial charge in [0.05, 0.1) is 5.75 Å². The normalized spacial score (nSPS) is 8.42. The van der Waals surface area contributed by atoms with E-state index in [0.29, 0.717) is 17.0 Å². The molecule has 3 heteroatoms. The predicted octanol–water partition coefficient (Wildman–Crippen LogP) is 1.18. The number of hydrogen-bond donors (Lipinski definition) is 1. The third-order valence-electron chi connectivity index (χ3n) is 1.22. The molecule has 12 heavy (non-hydrogen) atoms. The van der Waals surface area contributed by atoms with Gasteiger partial charge in [0.25, 0.3) is 0 Å². The van der Waals surface area contributed by atoms with Crippen LogP contribution in [-0.4, -0.2) is 17.0 Å². The monoisotopic (exact) mass is 177 g/mol. The predicted molar refractivity (Wildman–Crippen MR) is 50.4 cm³/mol. The molecule has 0 radical (unpaired) electrons. The Balaban J connectivity index is 2.84. The fourth-order valence-corrected chi connectivity index (χ4v) is 0.758. The lowest BCUT2D eigenvalue weighted by Crippen LogP contribution is -1.85. The van der Waals surface area contributed by atoms with Crippen LogP contribution in [-0.2, 0) is 0 Å². The Labute approximate surface area is 76.4 Å². The summed E-state index contributed by atoms with van der Waals surface area (Å²) in [6, 6.07) is 3.39. The first-order valence-corrected chi connectivity index (χ1v) is 4.01. The van der Waals surface area contributed by atoms with Crippen LogP contribution in [0, 0.1) is 11.8 Å². The van der Waals surface area contributed by atoms with Crippen LogP contribution in [0.2, 0.25) is 0 Å². The van der Waals surface area contributed by atoms with Gasteiger partial charge < -0.3 is 0 Å². The SMILES string of the molecule is O=Cc1ccc(C#CCS)nc1. The molecule has 1 aromatic rings. The van der Waals surface area contributed by atoms with E-state index in [1.165, 1.54) is 6.20 Å². The first-order chi connectivity index (χ1) is 5.86. The van der Waals surface area contributed by atoms with E-state index in [1.807, 2.05) is 0 Å². The molecule has 60 valence electrons. The van der Waals surface area contributed by atoms with Crippen molar-refractivity contribution in [1.82, 2.24) is 4.98 Å². The quantitative estimate of drug-likeness (QED) is 0.396. The number of carbonyl (C=O) groups excluding carboxylic acids is 1. The van der Waals surface area contributed by atoms with Crippen molar-refractivity contribution in [2.45, 2.75) is 0 Å². The summed E-state index contributed by atoms with van der Waals surface area (Å²) in [7, 11) is 0. The first-order valence-electron chi connectivity index (χ1n) is 3.38. The van der Waals surface area contributed by atoms with Gasteiger partial charge in [0.15, 0.2) is 6.29 Å². The maximum absolute atomic E-state index is 10.2. The Bertz CT molecular complexity index is 321. The fraction of sp³-hybridized carbons (Fsp3) is 0.111. The average molecular weight is 177 g/mol. The molecule has 0 fully saturated rings. The number of pyridine rings is 1. The molecule has 1 aromatic heterocycles. The molecule has 1 heterocycles. The van der Waals surface area contributed by atoms with E-state index in [9.17, 15) is 4.79 Å². The van der Waals surface area contributed by atoms with Gasteiger partial charge in [-0.1, -0.05) is 5.92 Å². The van der Waals surface area contributed by atoms with Crippen LogP contribution in [0.5, 0.6) is 0 Å². The Hall–Kier alpha value is -1.27. The number of aromatic nitrogens is 1. The number of hydrogen-bond acceptors (Lipinski definition) is 3. The molecule has 0 bridgehead atoms. The fourth-order valence-electron chi connectivity index (χ4n) is 0.679. The van der Waals surface area contributed by atoms with Crippen molar-refractivity contribution in [2.24, 2.45) is 0 Å². The van der Waals surface area contributed by atoms with Crippen LogP contribution in [0.1, 0.15) is 16.1 Å². The lowest BCUT2D eigenvalue weighted by atomic mass is 10.3. The Kier molecular flexibility index (Phi) is 3.36. The number of nitrogens with zero attached hydrogens (tertiary/aromatic N) is 1. The van der Waals surface area contributed by atoms with E-state index in [0.717, 1.165) is 6.29 Å². The van der Waals surface area contributed by atoms with Gasteiger partial charge >= 0.3 is 0 Å². The summed E-state index contributed by atoms with van der Waals surface area (Å²) in [5.41, 5.74) is 1.22. The molecule has 0 aromatic carbocycles. The molecule has 0 aliphatic heterocycles. The van der Waals surface area contributed by atoms with Gasteiger partial charge in [-0.3, -0.25) is 4.79 Å². The number of carbonyl (C=O) groups is 1. The zero-order valence-electron chi connectivity index (χ0n) is 6.32. The van der Waals surface area contributed by atoms with Gasteiger partial charge in [-0.2, -0.15) is 12.6 Å². The Morgan fingerprint density at radius 2 is 2.42 bits per heavy atom. The molecule has 0 aliphatic carbocycles. The molecule has 0 saturated heterocycles. The summed E-state index contributed by atoms with van der Waals surface area (Å²) < 4.78 is 0. The topological polar surface area (TPSA) is 30.0 Å². The van der Waals surface area contributed by atoms with E-state index >= 15 is 0 Å². The third-order valence-corrected chi connectivity index (χ3v) is 1.38. The molecule has 1 rings (SSSR count). The van der Waals surface area contributed by atoms with Crippen molar-refractivity contribution in [3.63, 3.8) is 0 Å². The molecule has 0 unspecified atom stereocenters. The molecule has 0 saturated carbocycles. The average Bonchev–Trinajstić information content (AvgIpc) is 2.15. The second-order valence-electron chi connectivity index (χ2n) is 2.05. The summed E-state index contributed by atoms with van der Waals surface area (Å²) in [4.78, 5) is 14.2. The smallest absolute Gasteiger partial charge is 0.151 e. The lowest BCUT2D eigenvalue weighted by molar-refractivity contribution is 0.112. The molecule has 2 nitrogen and oxygen atoms in total. The van der Waals surface area contributed by atoms with Crippen LogP contribution < -0.4 is 0 Å². The van der Waals surface area contributed by atoms with Crippen molar-refractivity contribution >= 4 is 18.9 Å². The molecule has 0 amide bonds. The van der Waals surface area contributed by atoms with Crippen LogP contribution in [0.25, 0.3) is 0 Å². The molecular weight excluding hydrogens is 170 g/mol. The van der Waals surface area contributed by atoms with Crippen molar-refractivity contribution in [1.29, 1.82) is 0 Å². The summed E-state index contributed by atoms with van der Waals surface area (Å²) in [5, 5.41) is 0. The Morgan fingerprint density at radius 1 is 1.58 bits per heavy atom. The van der Waals surface area contributed by atoms with E-state index in [2.05, 4.69) is 29.5 Å². The highest BCUT2D eigenvalue weighted by Gasteiger charge is 1.89. The highest BCUT2D eigenvalue weighted by Crippen LogP contribution is 1.95. The molecule has 0 spiro atoms. The summed E-state index contributed by atoms with van der Waals surface area (Å²) in [6.07, 6.45) is 2.25. The van der Waals surface area contributed by atoms with Crippen molar-refractivity contribution in [3.8, 4) is 11.8 Å². The minimum Gasteiger partial charge on any atom is -0.298 e. The summed E-state index contributed by atoms with van der Waals surface area (Å²) in [6.45, 7) is 0. The third kappa shape index (κ3) is 2.40. The first kappa shape index (κ1) is 8.82. The van der Waals surface area contributed by atoms with E-state index in [4.69, 9.17) is 0 Å². The van der Waals surface area contributed by atoms with Crippen LogP contribution in [0.15, 0.2) is 18.3 Å². The number of rotatable bonds is 1. The zero-order chi connectivity index (χ0) is 8.81. The molecule has 0 aliphatic rings. The van der Waals surface area contributed by atoms with E-state index < -0.39 is 0 Å². The molecule has 0 N–H and O–H groups in total. The number of aldehydes is 1. The van der Waals surface area contributed by atoms with Gasteiger partial charge in [0.1, 0.15) is 5.69 Å². The standard InChI is InChI=1S/C9H7NOS/c11-7-8-3-4-9(10-6-8)2-1-5-12/h3-4,6-7,12H,5H2. The second-order valence-corrected chi connectivity index (χ2v) is 2.37. The minimum absolute atomic E-state index is 0.511.